The van der Waals surface area contributed by atoms with E-state index < -0.39 is 11.9 Å². The quantitative estimate of drug-likeness (QED) is 0.405. The average Bonchev–Trinajstić information content (AvgIpc) is 3.04. The fourth-order valence-corrected chi connectivity index (χ4v) is 2.94. The number of nitrogens with zero attached hydrogens (tertiary/aromatic N) is 3. The van der Waals surface area contributed by atoms with Crippen LogP contribution in [0.15, 0.2) is 66.4 Å². The Bertz CT molecular complexity index is 1090. The number of hydroxylamine groups is 1. The minimum absolute atomic E-state index is 0.135. The number of carboxylic acids is 1. The lowest BCUT2D eigenvalue weighted by molar-refractivity contribution is -0.137. The first-order chi connectivity index (χ1) is 13.5. The van der Waals surface area contributed by atoms with Crippen LogP contribution in [-0.4, -0.2) is 28.7 Å². The number of rotatable bonds is 6. The second-order valence-electron chi connectivity index (χ2n) is 5.91. The minimum Gasteiger partial charge on any atom is -0.480 e. The van der Waals surface area contributed by atoms with Crippen LogP contribution in [-0.2, 0) is 21.0 Å². The van der Waals surface area contributed by atoms with Gasteiger partial charge in [0.2, 0.25) is 0 Å². The number of aliphatic carboxylic acids is 1. The number of hydrogen-bond donors (Lipinski definition) is 1. The molecule has 3 rings (SSSR count). The lowest BCUT2D eigenvalue weighted by Gasteiger charge is -2.18. The van der Waals surface area contributed by atoms with Crippen LogP contribution in [0.1, 0.15) is 5.56 Å². The smallest absolute Gasteiger partial charge is 0.323 e. The lowest BCUT2D eigenvalue weighted by Crippen LogP contribution is -2.30. The summed E-state index contributed by atoms with van der Waals surface area (Å²) in [7, 11) is 1.35. The van der Waals surface area contributed by atoms with E-state index in [1.165, 1.54) is 13.2 Å². The number of carboxylic acid groups (broad SMARTS) is 1. The molecule has 7 nitrogen and oxygen atoms in total. The zero-order valence-electron chi connectivity index (χ0n) is 15.1. The van der Waals surface area contributed by atoms with Gasteiger partial charge >= 0.3 is 5.97 Å². The maximum atomic E-state index is 12.8. The number of hydrogen-bond acceptors (Lipinski definition) is 4. The predicted molar refractivity (Wildman–Crippen MR) is 104 cm³/mol. The molecule has 0 atom stereocenters. The first-order valence-corrected chi connectivity index (χ1v) is 8.40. The fraction of sp³-hybridized carbons (Fsp3) is 0.0952. The standard InChI is InChI=1S/C21H17N3O4/c1-28-24(17-7-3-2-4-8-17)21(27)15(12-22)11-16-13-23(14-20(25)26)19-10-6-5-9-18(16)19/h2-11,13H,14H2,1H3,(H,25,26). The van der Waals surface area contributed by atoms with Crippen LogP contribution in [0, 0.1) is 11.3 Å². The Morgan fingerprint density at radius 1 is 1.18 bits per heavy atom. The molecule has 1 heterocycles. The molecule has 2 aromatic carbocycles. The van der Waals surface area contributed by atoms with E-state index in [1.54, 1.807) is 53.2 Å². The van der Waals surface area contributed by atoms with Gasteiger partial charge in [-0.15, -0.1) is 0 Å². The molecule has 0 spiro atoms. The average molecular weight is 375 g/mol. The second kappa shape index (κ2) is 8.20. The summed E-state index contributed by atoms with van der Waals surface area (Å²) in [6.07, 6.45) is 3.06. The van der Waals surface area contributed by atoms with Gasteiger partial charge in [0.15, 0.2) is 0 Å². The second-order valence-corrected chi connectivity index (χ2v) is 5.91. The molecule has 0 aliphatic rings. The van der Waals surface area contributed by atoms with Crippen LogP contribution >= 0.6 is 0 Å². The number of nitriles is 1. The summed E-state index contributed by atoms with van der Waals surface area (Å²) < 4.78 is 1.56. The third-order valence-corrected chi connectivity index (χ3v) is 4.13. The Hall–Kier alpha value is -3.89. The molecule has 0 saturated heterocycles. The molecule has 3 aromatic rings. The zero-order chi connectivity index (χ0) is 20.1. The number of aromatic nitrogens is 1. The van der Waals surface area contributed by atoms with Crippen molar-refractivity contribution < 1.29 is 19.5 Å². The largest absolute Gasteiger partial charge is 0.480 e. The van der Waals surface area contributed by atoms with E-state index >= 15 is 0 Å². The highest BCUT2D eigenvalue weighted by Gasteiger charge is 2.21. The van der Waals surface area contributed by atoms with Crippen molar-refractivity contribution in [1.82, 2.24) is 4.57 Å². The van der Waals surface area contributed by atoms with Gasteiger partial charge in [0, 0.05) is 22.7 Å². The molecular weight excluding hydrogens is 358 g/mol. The zero-order valence-corrected chi connectivity index (χ0v) is 15.1. The highest BCUT2D eigenvalue weighted by atomic mass is 16.7. The van der Waals surface area contributed by atoms with Crippen molar-refractivity contribution in [2.24, 2.45) is 0 Å². The van der Waals surface area contributed by atoms with E-state index in [0.29, 0.717) is 16.8 Å². The molecule has 0 saturated carbocycles. The third-order valence-electron chi connectivity index (χ3n) is 4.13. The van der Waals surface area contributed by atoms with E-state index in [2.05, 4.69) is 0 Å². The highest BCUT2D eigenvalue weighted by Crippen LogP contribution is 2.25. The molecule has 0 aliphatic carbocycles. The summed E-state index contributed by atoms with van der Waals surface area (Å²) in [4.78, 5) is 29.1. The van der Waals surface area contributed by atoms with Crippen molar-refractivity contribution in [3.8, 4) is 6.07 Å². The molecule has 0 aliphatic heterocycles. The number of carbonyl (C=O) groups is 2. The number of amides is 1. The molecule has 0 bridgehead atoms. The number of carbonyl (C=O) groups excluding carboxylic acids is 1. The molecule has 1 N–H and O–H groups in total. The SMILES string of the molecule is CON(C(=O)C(C#N)=Cc1cn(CC(=O)O)c2ccccc12)c1ccccc1. The van der Waals surface area contributed by atoms with E-state index in [1.807, 2.05) is 18.2 Å². The molecule has 0 unspecified atom stereocenters. The van der Waals surface area contributed by atoms with Crippen molar-refractivity contribution in [3.63, 3.8) is 0 Å². The minimum atomic E-state index is -0.984. The molecule has 1 amide bonds. The van der Waals surface area contributed by atoms with Crippen LogP contribution in [0.25, 0.3) is 17.0 Å². The van der Waals surface area contributed by atoms with Gasteiger partial charge < -0.3 is 9.67 Å². The van der Waals surface area contributed by atoms with Crippen LogP contribution in [0.5, 0.6) is 0 Å². The van der Waals surface area contributed by atoms with Crippen LogP contribution in [0.3, 0.4) is 0 Å². The number of fused-ring (bicyclic) bond motifs is 1. The normalized spacial score (nSPS) is 11.2. The Kier molecular flexibility index (Phi) is 5.53. The van der Waals surface area contributed by atoms with Crippen LogP contribution in [0.2, 0.25) is 0 Å². The van der Waals surface area contributed by atoms with E-state index in [0.717, 1.165) is 10.4 Å². The summed E-state index contributed by atoms with van der Waals surface area (Å²) in [6.45, 7) is -0.224. The van der Waals surface area contributed by atoms with Crippen molar-refractivity contribution >= 4 is 34.5 Å². The number of benzene rings is 2. The summed E-state index contributed by atoms with van der Waals surface area (Å²) >= 11 is 0. The first-order valence-electron chi connectivity index (χ1n) is 8.40. The van der Waals surface area contributed by atoms with Crippen molar-refractivity contribution in [3.05, 3.63) is 71.9 Å². The molecule has 1 aromatic heterocycles. The summed E-state index contributed by atoms with van der Waals surface area (Å²) in [5.74, 6) is -1.60. The molecule has 0 fully saturated rings. The van der Waals surface area contributed by atoms with Crippen molar-refractivity contribution in [2.45, 2.75) is 6.54 Å². The van der Waals surface area contributed by atoms with E-state index in [-0.39, 0.29) is 12.1 Å². The van der Waals surface area contributed by atoms with Gasteiger partial charge in [-0.3, -0.25) is 14.4 Å². The lowest BCUT2D eigenvalue weighted by atomic mass is 10.1. The van der Waals surface area contributed by atoms with Gasteiger partial charge in [-0.25, -0.2) is 0 Å². The summed E-state index contributed by atoms with van der Waals surface area (Å²) in [5, 5.41) is 20.4. The first kappa shape index (κ1) is 18.9. The number of anilines is 1. The molecular formula is C21H17N3O4. The summed E-state index contributed by atoms with van der Waals surface area (Å²) in [5.41, 5.74) is 1.63. The van der Waals surface area contributed by atoms with Gasteiger partial charge in [-0.2, -0.15) is 10.3 Å². The van der Waals surface area contributed by atoms with Crippen LogP contribution in [0.4, 0.5) is 5.69 Å². The van der Waals surface area contributed by atoms with Crippen LogP contribution < -0.4 is 5.06 Å². The molecule has 28 heavy (non-hydrogen) atoms. The molecule has 7 heteroatoms. The van der Waals surface area contributed by atoms with Gasteiger partial charge in [0.05, 0.1) is 12.8 Å². The Morgan fingerprint density at radius 3 is 2.50 bits per heavy atom. The Balaban J connectivity index is 2.04. The van der Waals surface area contributed by atoms with Gasteiger partial charge in [0.25, 0.3) is 5.91 Å². The maximum absolute atomic E-state index is 12.8. The third kappa shape index (κ3) is 3.77. The maximum Gasteiger partial charge on any atom is 0.323 e. The highest BCUT2D eigenvalue weighted by molar-refractivity contribution is 6.11. The van der Waals surface area contributed by atoms with Gasteiger partial charge in [-0.05, 0) is 24.3 Å². The topological polar surface area (TPSA) is 95.6 Å². The monoisotopic (exact) mass is 375 g/mol. The van der Waals surface area contributed by atoms with E-state index in [9.17, 15) is 14.9 Å². The van der Waals surface area contributed by atoms with Gasteiger partial charge in [0.1, 0.15) is 18.2 Å². The van der Waals surface area contributed by atoms with Gasteiger partial charge in [-0.1, -0.05) is 36.4 Å². The Morgan fingerprint density at radius 2 is 1.86 bits per heavy atom. The van der Waals surface area contributed by atoms with E-state index in [4.69, 9.17) is 9.94 Å². The predicted octanol–water partition coefficient (Wildman–Crippen LogP) is 3.23. The number of para-hydroxylation sites is 2. The summed E-state index contributed by atoms with van der Waals surface area (Å²) in [6, 6.07) is 17.8. The molecule has 140 valence electrons. The molecule has 0 radical (unpaired) electrons. The van der Waals surface area contributed by atoms with Crippen molar-refractivity contribution in [1.29, 1.82) is 5.26 Å². The Labute approximate surface area is 161 Å². The van der Waals surface area contributed by atoms with Crippen molar-refractivity contribution in [2.75, 3.05) is 12.2 Å². The fourth-order valence-electron chi connectivity index (χ4n) is 2.94.